The minimum Gasteiger partial charge on any atom is -0.490 e. The van der Waals surface area contributed by atoms with Crippen molar-refractivity contribution in [1.82, 2.24) is 0 Å². The van der Waals surface area contributed by atoms with Crippen LogP contribution in [0, 0.1) is 0 Å². The molecule has 0 spiro atoms. The fourth-order valence-corrected chi connectivity index (χ4v) is 6.05. The van der Waals surface area contributed by atoms with Gasteiger partial charge in [-0.05, 0) is 63.8 Å². The highest BCUT2D eigenvalue weighted by molar-refractivity contribution is 6.60. The Labute approximate surface area is 200 Å². The number of benzene rings is 1. The Morgan fingerprint density at radius 1 is 0.848 bits per heavy atom. The molecule has 0 bridgehead atoms. The lowest BCUT2D eigenvalue weighted by atomic mass is 10.2. The molecule has 1 N–H and O–H groups in total. The van der Waals surface area contributed by atoms with Crippen molar-refractivity contribution in [3.63, 3.8) is 0 Å². The standard InChI is InChI=1S/C25H42O7Si/c1-5-9-10-11-18-28-23-16-14-22(15-17-25(26)27)21-24(23)29-19-12-13-20-33(30-6-2,31-7-3)32-8-4/h14-17,21H,5-13,18-20H2,1-4H3,(H,26,27)/b17-15+. The molecule has 7 nitrogen and oxygen atoms in total. The molecule has 1 aromatic carbocycles. The summed E-state index contributed by atoms with van der Waals surface area (Å²) < 4.78 is 29.7. The molecule has 0 radical (unpaired) electrons. The van der Waals surface area contributed by atoms with E-state index in [1.54, 1.807) is 6.08 Å². The number of rotatable bonds is 20. The van der Waals surface area contributed by atoms with E-state index in [-0.39, 0.29) is 0 Å². The van der Waals surface area contributed by atoms with Crippen LogP contribution in [-0.4, -0.2) is 52.9 Å². The van der Waals surface area contributed by atoms with Gasteiger partial charge >= 0.3 is 14.8 Å². The number of carbonyl (C=O) groups is 1. The molecule has 0 saturated heterocycles. The Balaban J connectivity index is 2.71. The van der Waals surface area contributed by atoms with E-state index in [9.17, 15) is 4.79 Å². The molecule has 0 atom stereocenters. The van der Waals surface area contributed by atoms with E-state index < -0.39 is 14.8 Å². The van der Waals surface area contributed by atoms with Crippen LogP contribution < -0.4 is 9.47 Å². The van der Waals surface area contributed by atoms with Crippen LogP contribution in [0.25, 0.3) is 6.08 Å². The predicted molar refractivity (Wildman–Crippen MR) is 133 cm³/mol. The average molecular weight is 483 g/mol. The molecule has 0 aliphatic heterocycles. The van der Waals surface area contributed by atoms with Crippen molar-refractivity contribution < 1.29 is 32.7 Å². The van der Waals surface area contributed by atoms with Gasteiger partial charge in [-0.1, -0.05) is 32.3 Å². The number of ether oxygens (including phenoxy) is 2. The summed E-state index contributed by atoms with van der Waals surface area (Å²) in [5, 5.41) is 8.90. The Hall–Kier alpha value is -1.87. The van der Waals surface area contributed by atoms with Gasteiger partial charge in [0.05, 0.1) is 13.2 Å². The molecule has 33 heavy (non-hydrogen) atoms. The van der Waals surface area contributed by atoms with Crippen molar-refractivity contribution >= 4 is 20.8 Å². The topological polar surface area (TPSA) is 83.5 Å². The maximum atomic E-state index is 10.8. The second-order valence-corrected chi connectivity index (χ2v) is 10.3. The largest absolute Gasteiger partial charge is 0.500 e. The molecular formula is C25H42O7Si. The quantitative estimate of drug-likeness (QED) is 0.140. The number of carboxylic acids is 1. The summed E-state index contributed by atoms with van der Waals surface area (Å²) >= 11 is 0. The van der Waals surface area contributed by atoms with Crippen molar-refractivity contribution in [1.29, 1.82) is 0 Å². The smallest absolute Gasteiger partial charge is 0.490 e. The second kappa shape index (κ2) is 17.6. The first-order valence-corrected chi connectivity index (χ1v) is 14.2. The van der Waals surface area contributed by atoms with Gasteiger partial charge in [-0.25, -0.2) is 4.79 Å². The highest BCUT2D eigenvalue weighted by Gasteiger charge is 2.39. The van der Waals surface area contributed by atoms with Gasteiger partial charge in [0.15, 0.2) is 11.5 Å². The highest BCUT2D eigenvalue weighted by Crippen LogP contribution is 2.30. The van der Waals surface area contributed by atoms with Crippen molar-refractivity contribution in [2.24, 2.45) is 0 Å². The molecule has 8 heteroatoms. The lowest BCUT2D eigenvalue weighted by molar-refractivity contribution is -0.131. The molecule has 0 heterocycles. The van der Waals surface area contributed by atoms with E-state index in [0.717, 1.165) is 43.4 Å². The summed E-state index contributed by atoms with van der Waals surface area (Å²) in [5.41, 5.74) is 0.751. The van der Waals surface area contributed by atoms with Gasteiger partial charge in [-0.2, -0.15) is 0 Å². The molecule has 0 fully saturated rings. The zero-order valence-corrected chi connectivity index (χ0v) is 21.8. The molecule has 0 aromatic heterocycles. The van der Waals surface area contributed by atoms with Crippen molar-refractivity contribution in [3.05, 3.63) is 29.8 Å². The molecule has 1 aromatic rings. The van der Waals surface area contributed by atoms with Crippen LogP contribution in [0.3, 0.4) is 0 Å². The maximum Gasteiger partial charge on any atom is 0.500 e. The van der Waals surface area contributed by atoms with E-state index in [0.29, 0.717) is 44.5 Å². The van der Waals surface area contributed by atoms with Crippen LogP contribution in [0.4, 0.5) is 0 Å². The first-order valence-electron chi connectivity index (χ1n) is 12.2. The number of carboxylic acid groups (broad SMARTS) is 1. The molecule has 0 amide bonds. The number of unbranched alkanes of at least 4 members (excludes halogenated alkanes) is 4. The van der Waals surface area contributed by atoms with Crippen LogP contribution >= 0.6 is 0 Å². The van der Waals surface area contributed by atoms with Crippen molar-refractivity contribution in [2.45, 2.75) is 72.3 Å². The van der Waals surface area contributed by atoms with Gasteiger partial charge in [0.2, 0.25) is 0 Å². The maximum absolute atomic E-state index is 10.8. The zero-order chi connectivity index (χ0) is 24.4. The molecule has 1 rings (SSSR count). The first-order chi connectivity index (χ1) is 16.0. The molecule has 0 aliphatic rings. The Morgan fingerprint density at radius 3 is 2.03 bits per heavy atom. The van der Waals surface area contributed by atoms with Crippen LogP contribution in [0.15, 0.2) is 24.3 Å². The van der Waals surface area contributed by atoms with Crippen molar-refractivity contribution in [3.8, 4) is 11.5 Å². The fourth-order valence-electron chi connectivity index (χ4n) is 3.37. The number of aliphatic carboxylic acids is 1. The third kappa shape index (κ3) is 12.2. The molecule has 0 aliphatic carbocycles. The van der Waals surface area contributed by atoms with E-state index in [1.165, 1.54) is 12.8 Å². The molecule has 0 saturated carbocycles. The Morgan fingerprint density at radius 2 is 1.45 bits per heavy atom. The van der Waals surface area contributed by atoms with Gasteiger partial charge < -0.3 is 27.9 Å². The van der Waals surface area contributed by atoms with E-state index in [1.807, 2.05) is 39.0 Å². The summed E-state index contributed by atoms with van der Waals surface area (Å²) in [6.07, 6.45) is 8.84. The average Bonchev–Trinajstić information content (AvgIpc) is 2.78. The second-order valence-electron chi connectivity index (χ2n) is 7.57. The van der Waals surface area contributed by atoms with Crippen LogP contribution in [-0.2, 0) is 18.1 Å². The van der Waals surface area contributed by atoms with Crippen LogP contribution in [0.2, 0.25) is 6.04 Å². The van der Waals surface area contributed by atoms with Crippen molar-refractivity contribution in [2.75, 3.05) is 33.0 Å². The monoisotopic (exact) mass is 482 g/mol. The highest BCUT2D eigenvalue weighted by atomic mass is 28.4. The minimum absolute atomic E-state index is 0.507. The Kier molecular flexibility index (Phi) is 15.5. The van der Waals surface area contributed by atoms with Gasteiger partial charge in [0.25, 0.3) is 0 Å². The van der Waals surface area contributed by atoms with E-state index in [2.05, 4.69) is 6.92 Å². The summed E-state index contributed by atoms with van der Waals surface area (Å²) in [6.45, 7) is 10.9. The number of hydrogen-bond donors (Lipinski definition) is 1. The van der Waals surface area contributed by atoms with E-state index in [4.69, 9.17) is 27.9 Å². The van der Waals surface area contributed by atoms with E-state index >= 15 is 0 Å². The zero-order valence-electron chi connectivity index (χ0n) is 20.8. The minimum atomic E-state index is -2.64. The van der Waals surface area contributed by atoms with Crippen LogP contribution in [0.5, 0.6) is 11.5 Å². The molecule has 0 unspecified atom stereocenters. The molecular weight excluding hydrogens is 440 g/mol. The predicted octanol–water partition coefficient (Wildman–Crippen LogP) is 5.95. The van der Waals surface area contributed by atoms with Gasteiger partial charge in [-0.3, -0.25) is 0 Å². The van der Waals surface area contributed by atoms with Gasteiger partial charge in [0, 0.05) is 31.9 Å². The van der Waals surface area contributed by atoms with Crippen LogP contribution in [0.1, 0.15) is 71.8 Å². The summed E-state index contributed by atoms with van der Waals surface area (Å²) in [7, 11) is -2.64. The van der Waals surface area contributed by atoms with Gasteiger partial charge in [-0.15, -0.1) is 0 Å². The summed E-state index contributed by atoms with van der Waals surface area (Å²) in [4.78, 5) is 10.8. The Bertz CT molecular complexity index is 676. The summed E-state index contributed by atoms with van der Waals surface area (Å²) in [5.74, 6) is 0.320. The molecule has 188 valence electrons. The lowest BCUT2D eigenvalue weighted by Gasteiger charge is -2.28. The lowest BCUT2D eigenvalue weighted by Crippen LogP contribution is -2.45. The van der Waals surface area contributed by atoms with Gasteiger partial charge in [0.1, 0.15) is 0 Å². The SMILES string of the molecule is CCCCCCOc1ccc(/C=C/C(=O)O)cc1OCCCC[Si](OCC)(OCC)OCC. The summed E-state index contributed by atoms with van der Waals surface area (Å²) in [6, 6.07) is 6.24. The third-order valence-corrected chi connectivity index (χ3v) is 8.02. The first kappa shape index (κ1) is 29.2. The third-order valence-electron chi connectivity index (χ3n) is 4.87. The number of hydrogen-bond acceptors (Lipinski definition) is 6. The fraction of sp³-hybridized carbons (Fsp3) is 0.640. The normalized spacial score (nSPS) is 11.8.